The molecule has 0 bridgehead atoms. The fraction of sp³-hybridized carbons (Fsp3) is 0.129. The number of nitrogens with one attached hydrogen (secondary N) is 1. The largest absolute Gasteiger partial charge is 0.347 e. The van der Waals surface area contributed by atoms with Crippen LogP contribution in [0.2, 0.25) is 0 Å². The molecule has 7 heteroatoms. The quantitative estimate of drug-likeness (QED) is 0.376. The van der Waals surface area contributed by atoms with Crippen molar-refractivity contribution in [1.29, 1.82) is 0 Å². The Hall–Kier alpha value is -4.49. The van der Waals surface area contributed by atoms with E-state index in [-0.39, 0.29) is 11.5 Å². The van der Waals surface area contributed by atoms with Gasteiger partial charge in [-0.3, -0.25) is 14.2 Å². The smallest absolute Gasteiger partial charge is 0.271 e. The van der Waals surface area contributed by atoms with E-state index >= 15 is 0 Å². The third-order valence-electron chi connectivity index (χ3n) is 7.14. The average molecular weight is 519 g/mol. The molecule has 38 heavy (non-hydrogen) atoms. The van der Waals surface area contributed by atoms with Crippen molar-refractivity contribution in [2.75, 3.05) is 5.32 Å². The van der Waals surface area contributed by atoms with Crippen molar-refractivity contribution in [2.45, 2.75) is 19.9 Å². The summed E-state index contributed by atoms with van der Waals surface area (Å²) in [6.45, 7) is 3.90. The molecule has 1 atom stereocenters. The SMILES string of the molecule is CC1=C(C(=O)Nc2ccccc2)[C@@H](c2ccccc2)n2c(s/c(=C\c3c(C)n(C)c4ccccc34)c2=O)=N1. The zero-order valence-electron chi connectivity index (χ0n) is 21.3. The number of aryl methyl sites for hydroxylation is 1. The van der Waals surface area contributed by atoms with Crippen molar-refractivity contribution in [3.63, 3.8) is 0 Å². The first-order chi connectivity index (χ1) is 18.4. The maximum absolute atomic E-state index is 14.0. The molecule has 0 aliphatic carbocycles. The van der Waals surface area contributed by atoms with E-state index in [9.17, 15) is 9.59 Å². The molecule has 5 aromatic rings. The van der Waals surface area contributed by atoms with Crippen LogP contribution >= 0.6 is 11.3 Å². The number of aromatic nitrogens is 2. The summed E-state index contributed by atoms with van der Waals surface area (Å²) in [6.07, 6.45) is 1.96. The summed E-state index contributed by atoms with van der Waals surface area (Å²) in [6, 6.07) is 26.6. The first kappa shape index (κ1) is 23.9. The minimum atomic E-state index is -0.591. The monoisotopic (exact) mass is 518 g/mol. The normalized spacial score (nSPS) is 15.4. The number of amides is 1. The molecule has 188 valence electrons. The van der Waals surface area contributed by atoms with Gasteiger partial charge in [-0.05, 0) is 43.7 Å². The van der Waals surface area contributed by atoms with E-state index in [4.69, 9.17) is 4.99 Å². The predicted molar refractivity (Wildman–Crippen MR) is 153 cm³/mol. The number of thiazole rings is 1. The number of fused-ring (bicyclic) bond motifs is 2. The second-order valence-corrected chi connectivity index (χ2v) is 10.4. The number of hydrogen-bond donors (Lipinski definition) is 1. The van der Waals surface area contributed by atoms with E-state index in [2.05, 4.69) is 28.9 Å². The summed E-state index contributed by atoms with van der Waals surface area (Å²) in [5, 5.41) is 4.08. The molecule has 0 saturated heterocycles. The predicted octanol–water partition coefficient (Wildman–Crippen LogP) is 4.67. The van der Waals surface area contributed by atoms with Crippen LogP contribution in [0.3, 0.4) is 0 Å². The number of allylic oxidation sites excluding steroid dienone is 1. The molecule has 2 aromatic heterocycles. The van der Waals surface area contributed by atoms with Crippen molar-refractivity contribution < 1.29 is 4.79 Å². The molecule has 1 aliphatic rings. The van der Waals surface area contributed by atoms with Crippen LogP contribution in [0, 0.1) is 6.92 Å². The van der Waals surface area contributed by atoms with Crippen molar-refractivity contribution in [1.82, 2.24) is 9.13 Å². The number of nitrogens with zero attached hydrogens (tertiary/aromatic N) is 3. The lowest BCUT2D eigenvalue weighted by Crippen LogP contribution is -2.40. The maximum Gasteiger partial charge on any atom is 0.271 e. The first-order valence-electron chi connectivity index (χ1n) is 12.4. The van der Waals surface area contributed by atoms with E-state index < -0.39 is 6.04 Å². The highest BCUT2D eigenvalue weighted by Gasteiger charge is 2.32. The third kappa shape index (κ3) is 3.92. The summed E-state index contributed by atoms with van der Waals surface area (Å²) >= 11 is 1.36. The Kier molecular flexibility index (Phi) is 5.93. The number of hydrogen-bond acceptors (Lipinski definition) is 4. The molecular weight excluding hydrogens is 492 g/mol. The van der Waals surface area contributed by atoms with Gasteiger partial charge in [0.2, 0.25) is 0 Å². The molecule has 0 radical (unpaired) electrons. The molecule has 0 spiro atoms. The second kappa shape index (κ2) is 9.43. The Labute approximate surface area is 223 Å². The van der Waals surface area contributed by atoms with Gasteiger partial charge in [0.05, 0.1) is 21.8 Å². The zero-order valence-corrected chi connectivity index (χ0v) is 22.1. The highest BCUT2D eigenvalue weighted by Crippen LogP contribution is 2.31. The van der Waals surface area contributed by atoms with E-state index in [1.807, 2.05) is 92.8 Å². The van der Waals surface area contributed by atoms with Crippen LogP contribution in [0.4, 0.5) is 5.69 Å². The minimum Gasteiger partial charge on any atom is -0.347 e. The molecular formula is C31H26N4O2S. The number of benzene rings is 3. The second-order valence-electron chi connectivity index (χ2n) is 9.39. The highest BCUT2D eigenvalue weighted by atomic mass is 32.1. The van der Waals surface area contributed by atoms with Crippen LogP contribution in [0.1, 0.15) is 29.8 Å². The Bertz CT molecular complexity index is 1910. The minimum absolute atomic E-state index is 0.160. The average Bonchev–Trinajstić information content (AvgIpc) is 3.37. The lowest BCUT2D eigenvalue weighted by atomic mass is 9.95. The molecule has 0 fully saturated rings. The van der Waals surface area contributed by atoms with Crippen molar-refractivity contribution >= 4 is 39.9 Å². The Balaban J connectivity index is 1.54. The number of anilines is 1. The number of para-hydroxylation sites is 2. The molecule has 1 N–H and O–H groups in total. The molecule has 1 amide bonds. The van der Waals surface area contributed by atoms with Gasteiger partial charge in [0, 0.05) is 34.9 Å². The molecule has 6 rings (SSSR count). The number of carbonyl (C=O) groups is 1. The van der Waals surface area contributed by atoms with Gasteiger partial charge in [-0.15, -0.1) is 0 Å². The fourth-order valence-corrected chi connectivity index (χ4v) is 6.17. The van der Waals surface area contributed by atoms with Crippen molar-refractivity contribution in [3.8, 4) is 0 Å². The van der Waals surface area contributed by atoms with Gasteiger partial charge in [-0.1, -0.05) is 78.1 Å². The van der Waals surface area contributed by atoms with Gasteiger partial charge in [-0.25, -0.2) is 4.99 Å². The first-order valence-corrected chi connectivity index (χ1v) is 13.2. The van der Waals surface area contributed by atoms with Gasteiger partial charge in [0.15, 0.2) is 4.80 Å². The van der Waals surface area contributed by atoms with Crippen LogP contribution in [0.25, 0.3) is 17.0 Å². The lowest BCUT2D eigenvalue weighted by Gasteiger charge is -2.25. The maximum atomic E-state index is 14.0. The van der Waals surface area contributed by atoms with E-state index in [1.54, 1.807) is 4.57 Å². The summed E-state index contributed by atoms with van der Waals surface area (Å²) < 4.78 is 4.39. The standard InChI is InChI=1S/C31H26N4O2S/c1-19-27(29(36)33-22-14-8-5-9-15-22)28(21-12-6-4-7-13-21)35-30(37)26(38-31(35)32-19)18-24-20(2)34(3)25-17-11-10-16-23(24)25/h4-18,28H,1-3H3,(H,33,36)/b26-18-/t28-/m1/s1. The van der Waals surface area contributed by atoms with Crippen LogP contribution in [0.15, 0.2) is 106 Å². The van der Waals surface area contributed by atoms with Crippen LogP contribution < -0.4 is 20.2 Å². The molecule has 1 aliphatic heterocycles. The van der Waals surface area contributed by atoms with Crippen LogP contribution in [0.5, 0.6) is 0 Å². The lowest BCUT2D eigenvalue weighted by molar-refractivity contribution is -0.113. The van der Waals surface area contributed by atoms with Gasteiger partial charge < -0.3 is 9.88 Å². The summed E-state index contributed by atoms with van der Waals surface area (Å²) in [5.74, 6) is -0.273. The molecule has 6 nitrogen and oxygen atoms in total. The topological polar surface area (TPSA) is 68.4 Å². The number of rotatable bonds is 4. The Morgan fingerprint density at radius 2 is 1.61 bits per heavy atom. The van der Waals surface area contributed by atoms with E-state index in [0.717, 1.165) is 27.7 Å². The van der Waals surface area contributed by atoms with E-state index in [0.29, 0.717) is 26.3 Å². The van der Waals surface area contributed by atoms with Gasteiger partial charge >= 0.3 is 0 Å². The number of carbonyl (C=O) groups excluding carboxylic acids is 1. The van der Waals surface area contributed by atoms with Crippen molar-refractivity contribution in [2.24, 2.45) is 12.0 Å². The molecule has 0 unspecified atom stereocenters. The molecule has 3 aromatic carbocycles. The van der Waals surface area contributed by atoms with Gasteiger partial charge in [0.1, 0.15) is 0 Å². The zero-order chi connectivity index (χ0) is 26.4. The summed E-state index contributed by atoms with van der Waals surface area (Å²) in [5.41, 5.74) is 5.65. The Morgan fingerprint density at radius 3 is 2.34 bits per heavy atom. The molecule has 3 heterocycles. The molecule has 0 saturated carbocycles. The summed E-state index contributed by atoms with van der Waals surface area (Å²) in [7, 11) is 2.03. The van der Waals surface area contributed by atoms with Crippen LogP contribution in [-0.2, 0) is 11.8 Å². The van der Waals surface area contributed by atoms with Gasteiger partial charge in [-0.2, -0.15) is 0 Å². The van der Waals surface area contributed by atoms with Crippen LogP contribution in [-0.4, -0.2) is 15.0 Å². The third-order valence-corrected chi connectivity index (χ3v) is 8.12. The van der Waals surface area contributed by atoms with E-state index in [1.165, 1.54) is 11.3 Å². The summed E-state index contributed by atoms with van der Waals surface area (Å²) in [4.78, 5) is 33.0. The highest BCUT2D eigenvalue weighted by molar-refractivity contribution is 7.07. The van der Waals surface area contributed by atoms with Crippen molar-refractivity contribution in [3.05, 3.63) is 133 Å². The van der Waals surface area contributed by atoms with Gasteiger partial charge in [0.25, 0.3) is 11.5 Å². The Morgan fingerprint density at radius 1 is 0.947 bits per heavy atom. The fourth-order valence-electron chi connectivity index (χ4n) is 5.15.